The number of piperidine rings is 1. The molecule has 0 bridgehead atoms. The number of hydrogen-bond donors (Lipinski definition) is 1. The third-order valence-corrected chi connectivity index (χ3v) is 5.51. The normalized spacial score (nSPS) is 19.7. The van der Waals surface area contributed by atoms with E-state index < -0.39 is 0 Å². The van der Waals surface area contributed by atoms with E-state index in [4.69, 9.17) is 4.74 Å². The number of likely N-dealkylation sites (tertiary alicyclic amines) is 1. The monoisotopic (exact) mass is 427 g/mol. The van der Waals surface area contributed by atoms with Crippen molar-refractivity contribution in [2.45, 2.75) is 38.2 Å². The molecule has 0 amide bonds. The molecule has 3 rings (SSSR count). The zero-order valence-electron chi connectivity index (χ0n) is 13.8. The lowest BCUT2D eigenvalue weighted by Gasteiger charge is -2.34. The minimum atomic E-state index is 0.312. The summed E-state index contributed by atoms with van der Waals surface area (Å²) in [7, 11) is 1.88. The summed E-state index contributed by atoms with van der Waals surface area (Å²) in [6.07, 6.45) is 6.53. The number of para-hydroxylation sites is 1. The van der Waals surface area contributed by atoms with Crippen LogP contribution in [0.1, 0.15) is 32.1 Å². The fraction of sp³-hybridized carbons (Fsp3) is 0.611. The second-order valence-electron chi connectivity index (χ2n) is 6.44. The summed E-state index contributed by atoms with van der Waals surface area (Å²) in [5.41, 5.74) is 0. The standard InChI is InChI=1S/C18H26IN3O/c1-20-18(21-11-8-14-6-7-14)22-12-9-15(10-13-22)23-17-5-3-2-4-16(17)19/h2-5,14-15H,6-13H2,1H3,(H,20,21). The highest BCUT2D eigenvalue weighted by Crippen LogP contribution is 2.31. The number of nitrogens with zero attached hydrogens (tertiary/aromatic N) is 2. The number of benzene rings is 1. The number of rotatable bonds is 5. The van der Waals surface area contributed by atoms with Gasteiger partial charge >= 0.3 is 0 Å². The summed E-state index contributed by atoms with van der Waals surface area (Å²) in [6, 6.07) is 8.25. The number of hydrogen-bond acceptors (Lipinski definition) is 2. The zero-order chi connectivity index (χ0) is 16.1. The molecule has 1 heterocycles. The molecule has 126 valence electrons. The lowest BCUT2D eigenvalue weighted by atomic mass is 10.1. The number of halogens is 1. The first kappa shape index (κ1) is 16.9. The first-order valence-electron chi connectivity index (χ1n) is 8.63. The van der Waals surface area contributed by atoms with Crippen LogP contribution in [-0.4, -0.2) is 43.6 Å². The highest BCUT2D eigenvalue weighted by Gasteiger charge is 2.24. The summed E-state index contributed by atoms with van der Waals surface area (Å²) in [5, 5.41) is 3.52. The van der Waals surface area contributed by atoms with Gasteiger partial charge in [-0.1, -0.05) is 25.0 Å². The van der Waals surface area contributed by atoms with Crippen molar-refractivity contribution in [1.82, 2.24) is 10.2 Å². The van der Waals surface area contributed by atoms with Crippen LogP contribution in [0, 0.1) is 9.49 Å². The largest absolute Gasteiger partial charge is 0.489 e. The highest BCUT2D eigenvalue weighted by molar-refractivity contribution is 14.1. The molecule has 1 aromatic carbocycles. The average Bonchev–Trinajstić information content (AvgIpc) is 3.39. The molecule has 0 atom stereocenters. The van der Waals surface area contributed by atoms with Crippen LogP contribution in [-0.2, 0) is 0 Å². The van der Waals surface area contributed by atoms with Gasteiger partial charge in [0.15, 0.2) is 5.96 Å². The van der Waals surface area contributed by atoms with Crippen LogP contribution in [0.2, 0.25) is 0 Å². The molecule has 1 aliphatic heterocycles. The van der Waals surface area contributed by atoms with Crippen molar-refractivity contribution < 1.29 is 4.74 Å². The van der Waals surface area contributed by atoms with Gasteiger partial charge in [0.1, 0.15) is 11.9 Å². The maximum absolute atomic E-state index is 6.17. The molecule has 1 saturated heterocycles. The van der Waals surface area contributed by atoms with Gasteiger partial charge in [0.2, 0.25) is 0 Å². The van der Waals surface area contributed by atoms with Crippen LogP contribution < -0.4 is 10.1 Å². The molecule has 4 nitrogen and oxygen atoms in total. The van der Waals surface area contributed by atoms with E-state index in [0.717, 1.165) is 50.1 Å². The lowest BCUT2D eigenvalue weighted by Crippen LogP contribution is -2.47. The minimum Gasteiger partial charge on any atom is -0.489 e. The maximum atomic E-state index is 6.17. The van der Waals surface area contributed by atoms with Crippen molar-refractivity contribution >= 4 is 28.6 Å². The Kier molecular flexibility index (Phi) is 6.02. The molecule has 0 unspecified atom stereocenters. The molecule has 1 aromatic rings. The van der Waals surface area contributed by atoms with Gasteiger partial charge in [0.05, 0.1) is 3.57 Å². The van der Waals surface area contributed by atoms with E-state index in [0.29, 0.717) is 6.10 Å². The molecule has 0 radical (unpaired) electrons. The Morgan fingerprint density at radius 2 is 2.00 bits per heavy atom. The molecular weight excluding hydrogens is 401 g/mol. The van der Waals surface area contributed by atoms with Crippen molar-refractivity contribution in [2.75, 3.05) is 26.7 Å². The van der Waals surface area contributed by atoms with Crippen LogP contribution in [0.4, 0.5) is 0 Å². The minimum absolute atomic E-state index is 0.312. The van der Waals surface area contributed by atoms with Crippen LogP contribution >= 0.6 is 22.6 Å². The van der Waals surface area contributed by atoms with Gasteiger partial charge in [-0.25, -0.2) is 0 Å². The van der Waals surface area contributed by atoms with Crippen molar-refractivity contribution in [3.05, 3.63) is 27.8 Å². The van der Waals surface area contributed by atoms with Gasteiger partial charge in [0, 0.05) is 39.5 Å². The summed E-state index contributed by atoms with van der Waals surface area (Å²) in [5.74, 6) is 3.03. The summed E-state index contributed by atoms with van der Waals surface area (Å²) >= 11 is 2.34. The van der Waals surface area contributed by atoms with Gasteiger partial charge in [-0.15, -0.1) is 0 Å². The Morgan fingerprint density at radius 3 is 2.65 bits per heavy atom. The molecule has 0 spiro atoms. The first-order chi connectivity index (χ1) is 11.3. The van der Waals surface area contributed by atoms with Gasteiger partial charge in [0.25, 0.3) is 0 Å². The zero-order valence-corrected chi connectivity index (χ0v) is 16.0. The second-order valence-corrected chi connectivity index (χ2v) is 7.60. The Balaban J connectivity index is 1.44. The SMILES string of the molecule is CN=C(NCCC1CC1)N1CCC(Oc2ccccc2I)CC1. The number of nitrogens with one attached hydrogen (secondary N) is 1. The molecule has 2 aliphatic rings. The quantitative estimate of drug-likeness (QED) is 0.444. The van der Waals surface area contributed by atoms with Gasteiger partial charge in [-0.3, -0.25) is 4.99 Å². The van der Waals surface area contributed by atoms with Crippen LogP contribution in [0.3, 0.4) is 0 Å². The molecule has 0 aromatic heterocycles. The third kappa shape index (κ3) is 4.99. The van der Waals surface area contributed by atoms with Crippen LogP contribution in [0.15, 0.2) is 29.3 Å². The van der Waals surface area contributed by atoms with Crippen molar-refractivity contribution in [2.24, 2.45) is 10.9 Å². The highest BCUT2D eigenvalue weighted by atomic mass is 127. The number of ether oxygens (including phenoxy) is 1. The van der Waals surface area contributed by atoms with E-state index in [1.54, 1.807) is 0 Å². The Labute approximate surface area is 152 Å². The molecule has 1 saturated carbocycles. The van der Waals surface area contributed by atoms with Crippen molar-refractivity contribution in [3.8, 4) is 5.75 Å². The predicted octanol–water partition coefficient (Wildman–Crippen LogP) is 3.51. The fourth-order valence-electron chi connectivity index (χ4n) is 3.03. The molecular formula is C18H26IN3O. The molecule has 1 aliphatic carbocycles. The Bertz CT molecular complexity index is 537. The van der Waals surface area contributed by atoms with Crippen LogP contribution in [0.5, 0.6) is 5.75 Å². The topological polar surface area (TPSA) is 36.9 Å². The Morgan fingerprint density at radius 1 is 1.26 bits per heavy atom. The lowest BCUT2D eigenvalue weighted by molar-refractivity contribution is 0.128. The van der Waals surface area contributed by atoms with Crippen LogP contribution in [0.25, 0.3) is 0 Å². The predicted molar refractivity (Wildman–Crippen MR) is 103 cm³/mol. The average molecular weight is 427 g/mol. The summed E-state index contributed by atoms with van der Waals surface area (Å²) < 4.78 is 7.36. The van der Waals surface area contributed by atoms with Crippen molar-refractivity contribution in [3.63, 3.8) is 0 Å². The van der Waals surface area contributed by atoms with E-state index in [2.05, 4.69) is 56.0 Å². The van der Waals surface area contributed by atoms with Gasteiger partial charge in [-0.2, -0.15) is 0 Å². The molecule has 5 heteroatoms. The Hall–Kier alpha value is -0.980. The molecule has 2 fully saturated rings. The van der Waals surface area contributed by atoms with Gasteiger partial charge in [-0.05, 0) is 47.1 Å². The number of guanidine groups is 1. The maximum Gasteiger partial charge on any atom is 0.193 e. The van der Waals surface area contributed by atoms with E-state index in [-0.39, 0.29) is 0 Å². The van der Waals surface area contributed by atoms with E-state index in [1.165, 1.54) is 22.8 Å². The fourth-order valence-corrected chi connectivity index (χ4v) is 3.55. The second kappa shape index (κ2) is 8.22. The molecule has 1 N–H and O–H groups in total. The van der Waals surface area contributed by atoms with Gasteiger partial charge < -0.3 is 15.0 Å². The van der Waals surface area contributed by atoms with E-state index in [1.807, 2.05) is 13.1 Å². The first-order valence-corrected chi connectivity index (χ1v) is 9.71. The third-order valence-electron chi connectivity index (χ3n) is 4.62. The van der Waals surface area contributed by atoms with E-state index in [9.17, 15) is 0 Å². The molecule has 23 heavy (non-hydrogen) atoms. The number of aliphatic imine (C=N–C) groups is 1. The smallest absolute Gasteiger partial charge is 0.193 e. The summed E-state index contributed by atoms with van der Waals surface area (Å²) in [4.78, 5) is 6.81. The van der Waals surface area contributed by atoms with Crippen molar-refractivity contribution in [1.29, 1.82) is 0 Å². The van der Waals surface area contributed by atoms with E-state index >= 15 is 0 Å². The summed E-state index contributed by atoms with van der Waals surface area (Å²) in [6.45, 7) is 3.07.